The highest BCUT2D eigenvalue weighted by molar-refractivity contribution is 5.86. The number of aliphatic carboxylic acids is 1. The summed E-state index contributed by atoms with van der Waals surface area (Å²) in [4.78, 5) is 12.9. The minimum absolute atomic E-state index is 0.00846. The normalized spacial score (nSPS) is 14.1. The highest BCUT2D eigenvalue weighted by Crippen LogP contribution is 2.38. The van der Waals surface area contributed by atoms with Crippen LogP contribution in [0.15, 0.2) is 54.1 Å². The van der Waals surface area contributed by atoms with Crippen molar-refractivity contribution in [1.29, 1.82) is 0 Å². The van der Waals surface area contributed by atoms with Crippen LogP contribution in [0, 0.1) is 0 Å². The Kier molecular flexibility index (Phi) is 12.8. The van der Waals surface area contributed by atoms with Crippen LogP contribution in [0.5, 0.6) is 0 Å². The van der Waals surface area contributed by atoms with E-state index in [9.17, 15) is 4.79 Å². The lowest BCUT2D eigenvalue weighted by Gasteiger charge is -2.24. The highest BCUT2D eigenvalue weighted by atomic mass is 16.5. The summed E-state index contributed by atoms with van der Waals surface area (Å²) >= 11 is 0. The Morgan fingerprint density at radius 1 is 1.31 bits per heavy atom. The maximum Gasteiger partial charge on any atom is 0.305 e. The Balaban J connectivity index is 0.000000944. The molecule has 1 N–H and O–H groups in total. The van der Waals surface area contributed by atoms with Crippen molar-refractivity contribution < 1.29 is 19.2 Å². The molecule has 2 heterocycles. The van der Waals surface area contributed by atoms with Gasteiger partial charge in [-0.15, -0.1) is 6.58 Å². The Morgan fingerprint density at radius 2 is 2.00 bits per heavy atom. The molecule has 1 aromatic carbocycles. The van der Waals surface area contributed by atoms with Crippen LogP contribution < -0.4 is 4.90 Å². The lowest BCUT2D eigenvalue weighted by molar-refractivity contribution is -0.138. The molecule has 1 aliphatic rings. The van der Waals surface area contributed by atoms with Gasteiger partial charge in [0.1, 0.15) is 6.61 Å². The number of aryl methyl sites for hydroxylation is 1. The summed E-state index contributed by atoms with van der Waals surface area (Å²) < 4.78 is 10.5. The van der Waals surface area contributed by atoms with E-state index >= 15 is 0 Å². The fourth-order valence-electron chi connectivity index (χ4n) is 3.39. The van der Waals surface area contributed by atoms with E-state index < -0.39 is 5.97 Å². The van der Waals surface area contributed by atoms with Crippen molar-refractivity contribution >= 4 is 17.2 Å². The Morgan fingerprint density at radius 3 is 2.69 bits per heavy atom. The zero-order valence-corrected chi connectivity index (χ0v) is 20.0. The molecule has 6 nitrogen and oxygen atoms in total. The van der Waals surface area contributed by atoms with Crippen LogP contribution in [0.2, 0.25) is 0 Å². The molecule has 0 bridgehead atoms. The predicted octanol–water partition coefficient (Wildman–Crippen LogP) is 6.13. The van der Waals surface area contributed by atoms with Crippen LogP contribution in [0.3, 0.4) is 0 Å². The summed E-state index contributed by atoms with van der Waals surface area (Å²) in [5, 5.41) is 12.6. The second kappa shape index (κ2) is 15.0. The van der Waals surface area contributed by atoms with Gasteiger partial charge in [-0.2, -0.15) is 0 Å². The molecule has 6 heteroatoms. The number of aromatic nitrogens is 1. The maximum atomic E-state index is 10.4. The van der Waals surface area contributed by atoms with Gasteiger partial charge in [0.15, 0.2) is 5.76 Å². The molecular weight excluding hydrogens is 404 g/mol. The molecule has 0 saturated carbocycles. The summed E-state index contributed by atoms with van der Waals surface area (Å²) in [5.74, 6) is -0.236. The van der Waals surface area contributed by atoms with Crippen molar-refractivity contribution in [1.82, 2.24) is 5.16 Å². The van der Waals surface area contributed by atoms with E-state index in [4.69, 9.17) is 14.4 Å². The molecule has 176 valence electrons. The summed E-state index contributed by atoms with van der Waals surface area (Å²) in [5.41, 5.74) is 4.63. The molecule has 0 fully saturated rings. The van der Waals surface area contributed by atoms with Gasteiger partial charge in [-0.05, 0) is 44.7 Å². The highest BCUT2D eigenvalue weighted by Gasteiger charge is 2.28. The van der Waals surface area contributed by atoms with Crippen LogP contribution in [-0.2, 0) is 22.6 Å². The van der Waals surface area contributed by atoms with Crippen molar-refractivity contribution in [2.75, 3.05) is 18.1 Å². The number of anilines is 1. The Hall–Kier alpha value is -2.86. The number of unbranched alkanes of at least 4 members (excludes halogenated alkanes) is 1. The number of para-hydroxylation sites is 1. The lowest BCUT2D eigenvalue weighted by atomic mass is 10.1. The minimum atomic E-state index is -0.869. The second-order valence-corrected chi connectivity index (χ2v) is 7.26. The zero-order chi connectivity index (χ0) is 23.9. The van der Waals surface area contributed by atoms with Gasteiger partial charge in [-0.25, -0.2) is 0 Å². The largest absolute Gasteiger partial charge is 0.481 e. The molecule has 0 aliphatic carbocycles. The Bertz CT molecular complexity index is 844. The molecule has 32 heavy (non-hydrogen) atoms. The van der Waals surface area contributed by atoms with Gasteiger partial charge >= 0.3 is 5.97 Å². The minimum Gasteiger partial charge on any atom is -0.481 e. The van der Waals surface area contributed by atoms with E-state index in [0.717, 1.165) is 31.5 Å². The fraction of sp³-hybridized carbons (Fsp3) is 0.462. The number of hydrogen-bond acceptors (Lipinski definition) is 5. The van der Waals surface area contributed by atoms with Gasteiger partial charge in [-0.1, -0.05) is 49.9 Å². The van der Waals surface area contributed by atoms with Gasteiger partial charge < -0.3 is 19.3 Å². The Labute approximate surface area is 192 Å². The summed E-state index contributed by atoms with van der Waals surface area (Å²) in [7, 11) is 0. The first kappa shape index (κ1) is 27.2. The first-order valence-corrected chi connectivity index (χ1v) is 11.3. The monoisotopic (exact) mass is 442 g/mol. The maximum absolute atomic E-state index is 10.4. The molecule has 0 saturated heterocycles. The molecule has 2 aromatic rings. The van der Waals surface area contributed by atoms with E-state index in [-0.39, 0.29) is 19.6 Å². The molecule has 1 unspecified atom stereocenters. The van der Waals surface area contributed by atoms with Crippen LogP contribution in [0.4, 0.5) is 5.69 Å². The molecule has 0 spiro atoms. The number of carboxylic acids is 1. The molecule has 1 aromatic heterocycles. The van der Waals surface area contributed by atoms with Gasteiger partial charge in [0.2, 0.25) is 0 Å². The first-order valence-electron chi connectivity index (χ1n) is 11.3. The zero-order valence-electron chi connectivity index (χ0n) is 20.0. The van der Waals surface area contributed by atoms with Crippen LogP contribution in [-0.4, -0.2) is 35.4 Å². The number of nitrogens with zero attached hydrogens (tertiary/aromatic N) is 2. The molecule has 1 atom stereocenters. The second-order valence-electron chi connectivity index (χ2n) is 7.26. The van der Waals surface area contributed by atoms with Crippen LogP contribution in [0.1, 0.15) is 64.0 Å². The summed E-state index contributed by atoms with van der Waals surface area (Å²) in [6, 6.07) is 10.7. The van der Waals surface area contributed by atoms with Crippen molar-refractivity contribution in [3.63, 3.8) is 0 Å². The number of benzene rings is 1. The predicted molar refractivity (Wildman–Crippen MR) is 131 cm³/mol. The summed E-state index contributed by atoms with van der Waals surface area (Å²) in [6.45, 7) is 17.1. The molecular formula is C26H38N2O4. The standard InChI is InChI=1S/C21H26N2O4.C3H6.C2H6/c1-15-16(2)23(20-9-4-3-8-19(15)20)11-6-5-7-17-13-18(27-22-17)14-26-12-10-21(24)25;1-3-2;1-2/h3-4,8-9,13,16H,1,5-7,10-12,14H2,2H3,(H,24,25);3H,1H2,2H3;1-2H3. The van der Waals surface area contributed by atoms with E-state index in [2.05, 4.69) is 54.4 Å². The van der Waals surface area contributed by atoms with Crippen LogP contribution in [0.25, 0.3) is 5.57 Å². The molecule has 0 amide bonds. The number of carbonyl (C=O) groups is 1. The topological polar surface area (TPSA) is 75.8 Å². The van der Waals surface area contributed by atoms with E-state index in [0.29, 0.717) is 11.8 Å². The van der Waals surface area contributed by atoms with Gasteiger partial charge in [0.25, 0.3) is 0 Å². The number of fused-ring (bicyclic) bond motifs is 1. The van der Waals surface area contributed by atoms with E-state index in [1.54, 1.807) is 6.08 Å². The number of ether oxygens (including phenoxy) is 1. The molecule has 0 radical (unpaired) electrons. The molecule has 1 aliphatic heterocycles. The summed E-state index contributed by atoms with van der Waals surface area (Å²) in [6.07, 6.45) is 4.67. The number of rotatable bonds is 10. The van der Waals surface area contributed by atoms with E-state index in [1.807, 2.05) is 26.8 Å². The third-order valence-corrected chi connectivity index (χ3v) is 4.93. The van der Waals surface area contributed by atoms with Crippen molar-refractivity contribution in [3.05, 3.63) is 66.6 Å². The van der Waals surface area contributed by atoms with Gasteiger partial charge in [-0.3, -0.25) is 4.79 Å². The quantitative estimate of drug-likeness (QED) is 0.352. The first-order chi connectivity index (χ1) is 15.5. The van der Waals surface area contributed by atoms with E-state index in [1.165, 1.54) is 16.8 Å². The van der Waals surface area contributed by atoms with Crippen molar-refractivity contribution in [3.8, 4) is 0 Å². The lowest BCUT2D eigenvalue weighted by Crippen LogP contribution is -2.29. The van der Waals surface area contributed by atoms with Crippen molar-refractivity contribution in [2.45, 2.75) is 66.0 Å². The van der Waals surface area contributed by atoms with Crippen molar-refractivity contribution in [2.24, 2.45) is 0 Å². The van der Waals surface area contributed by atoms with Gasteiger partial charge in [0.05, 0.1) is 24.8 Å². The number of carboxylic acid groups (broad SMARTS) is 1. The average molecular weight is 443 g/mol. The van der Waals surface area contributed by atoms with Crippen LogP contribution >= 0.6 is 0 Å². The SMILES string of the molecule is C=C1c2ccccc2N(CCCCc2cc(COCCC(=O)O)on2)C1C.C=CC.CC. The molecule has 3 rings (SSSR count). The smallest absolute Gasteiger partial charge is 0.305 e. The number of hydrogen-bond donors (Lipinski definition) is 1. The van der Waals surface area contributed by atoms with Gasteiger partial charge in [0, 0.05) is 23.9 Å². The number of allylic oxidation sites excluding steroid dienone is 1. The third kappa shape index (κ3) is 8.35. The third-order valence-electron chi connectivity index (χ3n) is 4.93. The average Bonchev–Trinajstić information content (AvgIpc) is 3.34. The fourth-order valence-corrected chi connectivity index (χ4v) is 3.39.